The average Bonchev–Trinajstić information content (AvgIpc) is 2.76. The Balaban J connectivity index is 1.54. The zero-order valence-corrected chi connectivity index (χ0v) is 18.4. The molecule has 0 atom stereocenters. The molecule has 3 rings (SSSR count). The van der Waals surface area contributed by atoms with Crippen LogP contribution >= 0.6 is 15.9 Å². The quantitative estimate of drug-likeness (QED) is 0.534. The minimum atomic E-state index is -0.0202. The van der Waals surface area contributed by atoms with Crippen LogP contribution in [0.25, 0.3) is 0 Å². The van der Waals surface area contributed by atoms with Crippen LogP contribution in [0.1, 0.15) is 30.9 Å². The Kier molecular flexibility index (Phi) is 8.25. The predicted molar refractivity (Wildman–Crippen MR) is 119 cm³/mol. The molecule has 1 fully saturated rings. The third-order valence-electron chi connectivity index (χ3n) is 4.79. The molecule has 2 aromatic carbocycles. The standard InChI is InChI=1S/C23H27BrN2O3/c1-2-3-4-18-5-8-20(9-6-18)25-16-19-7-10-22(21(24)15-19)29-17-23(27)26-11-13-28-14-12-26/h5-10,15-16H,2-4,11-14,17H2,1H3. The number of carbonyl (C=O) groups excluding carboxylic acids is 1. The van der Waals surface area contributed by atoms with E-state index in [1.54, 1.807) is 4.90 Å². The van der Waals surface area contributed by atoms with E-state index < -0.39 is 0 Å². The van der Waals surface area contributed by atoms with Crippen LogP contribution in [0.2, 0.25) is 0 Å². The Morgan fingerprint density at radius 2 is 1.97 bits per heavy atom. The topological polar surface area (TPSA) is 51.1 Å². The Bertz CT molecular complexity index is 831. The van der Waals surface area contributed by atoms with Crippen LogP contribution in [0.15, 0.2) is 51.9 Å². The van der Waals surface area contributed by atoms with Gasteiger partial charge in [0.05, 0.1) is 23.4 Å². The molecule has 0 saturated carbocycles. The van der Waals surface area contributed by atoms with Gasteiger partial charge in [0, 0.05) is 19.3 Å². The number of morpholine rings is 1. The van der Waals surface area contributed by atoms with Crippen molar-refractivity contribution in [3.8, 4) is 5.75 Å². The molecule has 6 heteroatoms. The van der Waals surface area contributed by atoms with E-state index in [1.165, 1.54) is 18.4 Å². The Labute approximate surface area is 180 Å². The van der Waals surface area contributed by atoms with Gasteiger partial charge in [0.2, 0.25) is 0 Å². The van der Waals surface area contributed by atoms with Crippen molar-refractivity contribution in [2.45, 2.75) is 26.2 Å². The fraction of sp³-hybridized carbons (Fsp3) is 0.391. The minimum absolute atomic E-state index is 0.0202. The van der Waals surface area contributed by atoms with Crippen LogP contribution in [-0.4, -0.2) is 49.9 Å². The molecule has 2 aromatic rings. The number of nitrogens with zero attached hydrogens (tertiary/aromatic N) is 2. The molecular formula is C23H27BrN2O3. The number of carbonyl (C=O) groups is 1. The summed E-state index contributed by atoms with van der Waals surface area (Å²) in [4.78, 5) is 18.5. The lowest BCUT2D eigenvalue weighted by atomic mass is 10.1. The molecule has 0 bridgehead atoms. The molecule has 1 saturated heterocycles. The number of aliphatic imine (C=N–C) groups is 1. The monoisotopic (exact) mass is 458 g/mol. The van der Waals surface area contributed by atoms with Gasteiger partial charge < -0.3 is 14.4 Å². The van der Waals surface area contributed by atoms with Crippen LogP contribution in [0.4, 0.5) is 5.69 Å². The molecule has 29 heavy (non-hydrogen) atoms. The van der Waals surface area contributed by atoms with Crippen molar-refractivity contribution in [2.75, 3.05) is 32.9 Å². The molecule has 0 aromatic heterocycles. The summed E-state index contributed by atoms with van der Waals surface area (Å²) in [5.41, 5.74) is 3.23. The second kappa shape index (κ2) is 11.1. The summed E-state index contributed by atoms with van der Waals surface area (Å²) in [6.07, 6.45) is 5.36. The third-order valence-corrected chi connectivity index (χ3v) is 5.41. The summed E-state index contributed by atoms with van der Waals surface area (Å²) in [5.74, 6) is 0.622. The molecule has 1 aliphatic heterocycles. The number of rotatable bonds is 8. The smallest absolute Gasteiger partial charge is 0.260 e. The lowest BCUT2D eigenvalue weighted by Gasteiger charge is -2.26. The largest absolute Gasteiger partial charge is 0.483 e. The first-order valence-corrected chi connectivity index (χ1v) is 10.9. The molecule has 0 spiro atoms. The maximum atomic E-state index is 12.2. The molecule has 1 amide bonds. The van der Waals surface area contributed by atoms with Crippen molar-refractivity contribution in [3.63, 3.8) is 0 Å². The van der Waals surface area contributed by atoms with Gasteiger partial charge in [0.1, 0.15) is 5.75 Å². The van der Waals surface area contributed by atoms with Crippen molar-refractivity contribution in [3.05, 3.63) is 58.1 Å². The molecule has 1 aliphatic rings. The highest BCUT2D eigenvalue weighted by Gasteiger charge is 2.17. The van der Waals surface area contributed by atoms with Gasteiger partial charge in [-0.05, 0) is 70.2 Å². The van der Waals surface area contributed by atoms with Gasteiger partial charge in [-0.2, -0.15) is 0 Å². The van der Waals surface area contributed by atoms with Gasteiger partial charge in [-0.1, -0.05) is 25.5 Å². The third kappa shape index (κ3) is 6.68. The van der Waals surface area contributed by atoms with Crippen LogP contribution in [0.3, 0.4) is 0 Å². The van der Waals surface area contributed by atoms with Gasteiger partial charge in [0.15, 0.2) is 6.61 Å². The number of benzene rings is 2. The second-order valence-corrected chi connectivity index (χ2v) is 7.85. The summed E-state index contributed by atoms with van der Waals surface area (Å²) in [6.45, 7) is 4.65. The fourth-order valence-electron chi connectivity index (χ4n) is 3.04. The highest BCUT2D eigenvalue weighted by Crippen LogP contribution is 2.26. The van der Waals surface area contributed by atoms with Crippen molar-refractivity contribution < 1.29 is 14.3 Å². The number of unbranched alkanes of at least 4 members (excludes halogenated alkanes) is 1. The Morgan fingerprint density at radius 1 is 1.21 bits per heavy atom. The lowest BCUT2D eigenvalue weighted by molar-refractivity contribution is -0.137. The SMILES string of the molecule is CCCCc1ccc(N=Cc2ccc(OCC(=O)N3CCOCC3)c(Br)c2)cc1. The Hall–Kier alpha value is -2.18. The van der Waals surface area contributed by atoms with E-state index in [9.17, 15) is 4.79 Å². The maximum Gasteiger partial charge on any atom is 0.260 e. The molecule has 0 radical (unpaired) electrons. The van der Waals surface area contributed by atoms with Crippen molar-refractivity contribution in [2.24, 2.45) is 4.99 Å². The molecule has 0 unspecified atom stereocenters. The van der Waals surface area contributed by atoms with Crippen LogP contribution in [0, 0.1) is 0 Å². The van der Waals surface area contributed by atoms with E-state index >= 15 is 0 Å². The van der Waals surface area contributed by atoms with E-state index in [-0.39, 0.29) is 12.5 Å². The summed E-state index contributed by atoms with van der Waals surface area (Å²) in [6, 6.07) is 14.1. The van der Waals surface area contributed by atoms with Gasteiger partial charge in [-0.25, -0.2) is 0 Å². The number of ether oxygens (including phenoxy) is 2. The number of halogens is 1. The lowest BCUT2D eigenvalue weighted by Crippen LogP contribution is -2.43. The number of hydrogen-bond acceptors (Lipinski definition) is 4. The van der Waals surface area contributed by atoms with Crippen molar-refractivity contribution in [1.82, 2.24) is 4.90 Å². The summed E-state index contributed by atoms with van der Waals surface area (Å²) in [5, 5.41) is 0. The molecule has 5 nitrogen and oxygen atoms in total. The molecule has 0 aliphatic carbocycles. The predicted octanol–water partition coefficient (Wildman–Crippen LogP) is 4.78. The van der Waals surface area contributed by atoms with Crippen molar-refractivity contribution in [1.29, 1.82) is 0 Å². The van der Waals surface area contributed by atoms with E-state index in [0.717, 1.165) is 22.1 Å². The summed E-state index contributed by atoms with van der Waals surface area (Å²) >= 11 is 3.52. The molecule has 0 N–H and O–H groups in total. The zero-order valence-electron chi connectivity index (χ0n) is 16.8. The fourth-order valence-corrected chi connectivity index (χ4v) is 3.55. The van der Waals surface area contributed by atoms with Gasteiger partial charge in [0.25, 0.3) is 5.91 Å². The van der Waals surface area contributed by atoms with E-state index in [0.29, 0.717) is 32.1 Å². The van der Waals surface area contributed by atoms with Gasteiger partial charge in [-0.3, -0.25) is 9.79 Å². The highest BCUT2D eigenvalue weighted by atomic mass is 79.9. The maximum absolute atomic E-state index is 12.2. The first-order valence-electron chi connectivity index (χ1n) is 10.1. The van der Waals surface area contributed by atoms with Gasteiger partial charge in [-0.15, -0.1) is 0 Å². The van der Waals surface area contributed by atoms with E-state index in [4.69, 9.17) is 9.47 Å². The average molecular weight is 459 g/mol. The Morgan fingerprint density at radius 3 is 2.66 bits per heavy atom. The van der Waals surface area contributed by atoms with E-state index in [1.807, 2.05) is 36.5 Å². The number of aryl methyl sites for hydroxylation is 1. The second-order valence-electron chi connectivity index (χ2n) is 7.00. The summed E-state index contributed by atoms with van der Waals surface area (Å²) < 4.78 is 11.8. The van der Waals surface area contributed by atoms with E-state index in [2.05, 4.69) is 40.0 Å². The first kappa shape index (κ1) is 21.5. The normalized spacial score (nSPS) is 14.3. The first-order chi connectivity index (χ1) is 14.2. The van der Waals surface area contributed by atoms with Crippen LogP contribution in [0.5, 0.6) is 5.75 Å². The molecule has 154 valence electrons. The highest BCUT2D eigenvalue weighted by molar-refractivity contribution is 9.10. The zero-order chi connectivity index (χ0) is 20.5. The van der Waals surface area contributed by atoms with Crippen molar-refractivity contribution >= 4 is 33.7 Å². The molecule has 1 heterocycles. The summed E-state index contributed by atoms with van der Waals surface area (Å²) in [7, 11) is 0. The van der Waals surface area contributed by atoms with Crippen LogP contribution in [-0.2, 0) is 16.0 Å². The van der Waals surface area contributed by atoms with Crippen LogP contribution < -0.4 is 4.74 Å². The molecular weight excluding hydrogens is 432 g/mol. The van der Waals surface area contributed by atoms with Gasteiger partial charge >= 0.3 is 0 Å². The number of hydrogen-bond donors (Lipinski definition) is 0. The minimum Gasteiger partial charge on any atom is -0.483 e. The number of amides is 1.